The molecule has 2 rings (SSSR count). The van der Waals surface area contributed by atoms with E-state index in [1.165, 1.54) is 0 Å². The number of carbonyl (C=O) groups is 2. The summed E-state index contributed by atoms with van der Waals surface area (Å²) in [4.78, 5) is 25.3. The van der Waals surface area contributed by atoms with E-state index in [0.717, 1.165) is 36.3 Å². The van der Waals surface area contributed by atoms with Crippen LogP contribution >= 0.6 is 0 Å². The fourth-order valence-electron chi connectivity index (χ4n) is 2.98. The van der Waals surface area contributed by atoms with Crippen LogP contribution in [0.25, 0.3) is 0 Å². The Morgan fingerprint density at radius 2 is 2.07 bits per heavy atom. The molecule has 0 spiro atoms. The SMILES string of the molecule is CCOCCN(CCO)C(=O)CCCCOc1ccc2c(c1)CCC(=O)N2. The summed E-state index contributed by atoms with van der Waals surface area (Å²) in [6.07, 6.45) is 3.18. The van der Waals surface area contributed by atoms with Crippen LogP contribution in [0.1, 0.15) is 38.2 Å². The van der Waals surface area contributed by atoms with Crippen molar-refractivity contribution in [3.8, 4) is 5.75 Å². The van der Waals surface area contributed by atoms with Crippen LogP contribution in [0.3, 0.4) is 0 Å². The van der Waals surface area contributed by atoms with Gasteiger partial charge in [-0.3, -0.25) is 9.59 Å². The third kappa shape index (κ3) is 7.19. The molecule has 0 fully saturated rings. The smallest absolute Gasteiger partial charge is 0.224 e. The maximum Gasteiger partial charge on any atom is 0.224 e. The van der Waals surface area contributed by atoms with Gasteiger partial charge < -0.3 is 24.8 Å². The summed E-state index contributed by atoms with van der Waals surface area (Å²) in [5.74, 6) is 0.875. The highest BCUT2D eigenvalue weighted by molar-refractivity contribution is 5.94. The molecule has 1 aromatic carbocycles. The normalized spacial score (nSPS) is 13.0. The Labute approximate surface area is 160 Å². The quantitative estimate of drug-likeness (QED) is 0.543. The summed E-state index contributed by atoms with van der Waals surface area (Å²) in [5.41, 5.74) is 1.96. The van der Waals surface area contributed by atoms with Crippen LogP contribution in [-0.4, -0.2) is 61.3 Å². The molecule has 7 heteroatoms. The van der Waals surface area contributed by atoms with E-state index in [4.69, 9.17) is 14.6 Å². The number of nitrogens with one attached hydrogen (secondary N) is 1. The van der Waals surface area contributed by atoms with Crippen molar-refractivity contribution in [3.63, 3.8) is 0 Å². The number of anilines is 1. The van der Waals surface area contributed by atoms with Crippen molar-refractivity contribution in [1.29, 1.82) is 0 Å². The molecule has 0 aliphatic carbocycles. The number of hydrogen-bond acceptors (Lipinski definition) is 5. The highest BCUT2D eigenvalue weighted by atomic mass is 16.5. The van der Waals surface area contributed by atoms with Gasteiger partial charge in [-0.05, 0) is 49.9 Å². The van der Waals surface area contributed by atoms with Crippen molar-refractivity contribution in [2.24, 2.45) is 0 Å². The Kier molecular flexibility index (Phi) is 9.07. The molecular formula is C20H30N2O5. The van der Waals surface area contributed by atoms with Gasteiger partial charge in [-0.2, -0.15) is 0 Å². The molecule has 1 aliphatic rings. The van der Waals surface area contributed by atoms with Crippen molar-refractivity contribution in [1.82, 2.24) is 4.90 Å². The van der Waals surface area contributed by atoms with E-state index >= 15 is 0 Å². The average molecular weight is 378 g/mol. The molecule has 7 nitrogen and oxygen atoms in total. The number of carbonyl (C=O) groups excluding carboxylic acids is 2. The number of aliphatic hydroxyl groups excluding tert-OH is 1. The predicted octanol–water partition coefficient (Wildman–Crippen LogP) is 1.98. The Bertz CT molecular complexity index is 620. The summed E-state index contributed by atoms with van der Waals surface area (Å²) in [6.45, 7) is 4.37. The molecule has 2 amide bonds. The number of rotatable bonds is 12. The van der Waals surface area contributed by atoms with Crippen molar-refractivity contribution in [2.45, 2.75) is 39.0 Å². The maximum absolute atomic E-state index is 12.2. The number of ether oxygens (including phenoxy) is 2. The van der Waals surface area contributed by atoms with Crippen LogP contribution in [0.15, 0.2) is 18.2 Å². The number of nitrogens with zero attached hydrogens (tertiary/aromatic N) is 1. The second-order valence-electron chi connectivity index (χ2n) is 6.47. The van der Waals surface area contributed by atoms with E-state index in [9.17, 15) is 9.59 Å². The highest BCUT2D eigenvalue weighted by Crippen LogP contribution is 2.26. The Balaban J connectivity index is 1.67. The van der Waals surface area contributed by atoms with Crippen LogP contribution in [-0.2, 0) is 20.7 Å². The van der Waals surface area contributed by atoms with Gasteiger partial charge in [0.05, 0.1) is 19.8 Å². The summed E-state index contributed by atoms with van der Waals surface area (Å²) >= 11 is 0. The summed E-state index contributed by atoms with van der Waals surface area (Å²) < 4.78 is 11.0. The van der Waals surface area contributed by atoms with Crippen molar-refractivity contribution < 1.29 is 24.2 Å². The van der Waals surface area contributed by atoms with Gasteiger partial charge in [0.25, 0.3) is 0 Å². The first-order chi connectivity index (χ1) is 13.1. The molecule has 0 radical (unpaired) electrons. The van der Waals surface area contributed by atoms with Gasteiger partial charge in [0.15, 0.2) is 0 Å². The Morgan fingerprint density at radius 3 is 2.85 bits per heavy atom. The maximum atomic E-state index is 12.2. The lowest BCUT2D eigenvalue weighted by atomic mass is 10.0. The van der Waals surface area contributed by atoms with Gasteiger partial charge in [0, 0.05) is 38.2 Å². The van der Waals surface area contributed by atoms with E-state index in [0.29, 0.717) is 45.8 Å². The standard InChI is InChI=1S/C20H30N2O5/c1-2-26-14-11-22(10-12-23)20(25)5-3-4-13-27-17-7-8-18-16(15-17)6-9-19(24)21-18/h7-8,15,23H,2-6,9-14H2,1H3,(H,21,24). The minimum atomic E-state index is -0.0419. The van der Waals surface area contributed by atoms with Crippen LogP contribution in [0.5, 0.6) is 5.75 Å². The lowest BCUT2D eigenvalue weighted by molar-refractivity contribution is -0.132. The number of benzene rings is 1. The molecule has 1 aliphatic heterocycles. The van der Waals surface area contributed by atoms with Gasteiger partial charge in [0.1, 0.15) is 5.75 Å². The lowest BCUT2D eigenvalue weighted by Gasteiger charge is -2.21. The minimum Gasteiger partial charge on any atom is -0.494 e. The highest BCUT2D eigenvalue weighted by Gasteiger charge is 2.15. The van der Waals surface area contributed by atoms with Gasteiger partial charge in [-0.1, -0.05) is 0 Å². The largest absolute Gasteiger partial charge is 0.494 e. The van der Waals surface area contributed by atoms with Crippen LogP contribution in [0, 0.1) is 0 Å². The average Bonchev–Trinajstić information content (AvgIpc) is 2.67. The van der Waals surface area contributed by atoms with E-state index in [-0.39, 0.29) is 18.4 Å². The van der Waals surface area contributed by atoms with Crippen molar-refractivity contribution in [2.75, 3.05) is 44.8 Å². The van der Waals surface area contributed by atoms with E-state index in [1.807, 2.05) is 25.1 Å². The number of aliphatic hydroxyl groups is 1. The third-order valence-corrected chi connectivity index (χ3v) is 4.46. The predicted molar refractivity (Wildman–Crippen MR) is 103 cm³/mol. The lowest BCUT2D eigenvalue weighted by Crippen LogP contribution is -2.36. The summed E-state index contributed by atoms with van der Waals surface area (Å²) in [5, 5.41) is 12.0. The van der Waals surface area contributed by atoms with E-state index in [2.05, 4.69) is 5.32 Å². The minimum absolute atomic E-state index is 0.0354. The second-order valence-corrected chi connectivity index (χ2v) is 6.47. The number of aryl methyl sites for hydroxylation is 1. The molecule has 0 atom stereocenters. The molecule has 150 valence electrons. The number of amides is 2. The fourth-order valence-corrected chi connectivity index (χ4v) is 2.98. The number of hydrogen-bond donors (Lipinski definition) is 2. The number of unbranched alkanes of at least 4 members (excludes halogenated alkanes) is 1. The summed E-state index contributed by atoms with van der Waals surface area (Å²) in [6, 6.07) is 5.69. The van der Waals surface area contributed by atoms with Gasteiger partial charge in [-0.15, -0.1) is 0 Å². The third-order valence-electron chi connectivity index (χ3n) is 4.46. The molecule has 0 unspecified atom stereocenters. The topological polar surface area (TPSA) is 88.1 Å². The molecule has 1 heterocycles. The molecule has 0 saturated heterocycles. The molecule has 2 N–H and O–H groups in total. The zero-order valence-electron chi connectivity index (χ0n) is 16.0. The first-order valence-electron chi connectivity index (χ1n) is 9.66. The Morgan fingerprint density at radius 1 is 1.22 bits per heavy atom. The van der Waals surface area contributed by atoms with Gasteiger partial charge >= 0.3 is 0 Å². The monoisotopic (exact) mass is 378 g/mol. The second kappa shape index (κ2) is 11.6. The van der Waals surface area contributed by atoms with Crippen LogP contribution < -0.4 is 10.1 Å². The van der Waals surface area contributed by atoms with E-state index in [1.54, 1.807) is 4.90 Å². The zero-order chi connectivity index (χ0) is 19.5. The molecular weight excluding hydrogens is 348 g/mol. The van der Waals surface area contributed by atoms with Crippen LogP contribution in [0.4, 0.5) is 5.69 Å². The zero-order valence-corrected chi connectivity index (χ0v) is 16.0. The molecule has 1 aromatic rings. The first-order valence-corrected chi connectivity index (χ1v) is 9.66. The van der Waals surface area contributed by atoms with Crippen molar-refractivity contribution in [3.05, 3.63) is 23.8 Å². The van der Waals surface area contributed by atoms with Crippen molar-refractivity contribution >= 4 is 17.5 Å². The molecule has 0 bridgehead atoms. The molecule has 0 saturated carbocycles. The first kappa shape index (κ1) is 21.2. The Hall–Kier alpha value is -2.12. The fraction of sp³-hybridized carbons (Fsp3) is 0.600. The number of fused-ring (bicyclic) bond motifs is 1. The molecule has 27 heavy (non-hydrogen) atoms. The molecule has 0 aromatic heterocycles. The van der Waals surface area contributed by atoms with Gasteiger partial charge in [-0.25, -0.2) is 0 Å². The van der Waals surface area contributed by atoms with Crippen LogP contribution in [0.2, 0.25) is 0 Å². The van der Waals surface area contributed by atoms with E-state index < -0.39 is 0 Å². The summed E-state index contributed by atoms with van der Waals surface area (Å²) in [7, 11) is 0. The van der Waals surface area contributed by atoms with Gasteiger partial charge in [0.2, 0.25) is 11.8 Å².